The largest absolute Gasteiger partial charge is 0.317 e. The molecule has 0 saturated heterocycles. The van der Waals surface area contributed by atoms with Gasteiger partial charge < -0.3 is 5.32 Å². The van der Waals surface area contributed by atoms with Crippen LogP contribution in [0.4, 0.5) is 0 Å². The van der Waals surface area contributed by atoms with E-state index in [0.717, 1.165) is 38.3 Å². The molecule has 0 unspecified atom stereocenters. The summed E-state index contributed by atoms with van der Waals surface area (Å²) >= 11 is 0. The summed E-state index contributed by atoms with van der Waals surface area (Å²) in [4.78, 5) is 4.21. The third-order valence-electron chi connectivity index (χ3n) is 2.00. The van der Waals surface area contributed by atoms with Crippen molar-refractivity contribution in [1.29, 1.82) is 0 Å². The van der Waals surface area contributed by atoms with E-state index in [1.165, 1.54) is 0 Å². The second-order valence-electron chi connectivity index (χ2n) is 2.95. The molecule has 0 atom stereocenters. The monoisotopic (exact) mass is 182 g/mol. The van der Waals surface area contributed by atoms with Crippen LogP contribution in [-0.2, 0) is 13.0 Å². The molecule has 1 aromatic rings. The summed E-state index contributed by atoms with van der Waals surface area (Å²) < 4.78 is 1.95. The Kier molecular flexibility index (Phi) is 4.46. The third-order valence-corrected chi connectivity index (χ3v) is 2.00. The molecule has 4 heteroatoms. The molecule has 0 aromatic carbocycles. The van der Waals surface area contributed by atoms with Gasteiger partial charge in [0.25, 0.3) is 0 Å². The quantitative estimate of drug-likeness (QED) is 0.663. The number of aromatic nitrogens is 3. The molecule has 0 amide bonds. The second kappa shape index (κ2) is 5.70. The fourth-order valence-electron chi connectivity index (χ4n) is 1.29. The highest BCUT2D eigenvalue weighted by molar-refractivity contribution is 4.84. The van der Waals surface area contributed by atoms with E-state index in [-0.39, 0.29) is 0 Å². The summed E-state index contributed by atoms with van der Waals surface area (Å²) in [6.45, 7) is 7.22. The van der Waals surface area contributed by atoms with Crippen LogP contribution in [0.3, 0.4) is 0 Å². The Hall–Kier alpha value is -0.900. The lowest BCUT2D eigenvalue weighted by molar-refractivity contribution is 0.588. The molecule has 0 saturated carbocycles. The molecule has 0 radical (unpaired) electrons. The summed E-state index contributed by atoms with van der Waals surface area (Å²) in [6, 6.07) is 0. The normalized spacial score (nSPS) is 10.6. The van der Waals surface area contributed by atoms with E-state index in [1.807, 2.05) is 4.68 Å². The van der Waals surface area contributed by atoms with Gasteiger partial charge in [0.05, 0.1) is 0 Å². The number of hydrogen-bond donors (Lipinski definition) is 1. The van der Waals surface area contributed by atoms with Crippen molar-refractivity contribution < 1.29 is 0 Å². The maximum absolute atomic E-state index is 4.21. The maximum Gasteiger partial charge on any atom is 0.138 e. The first-order valence-electron chi connectivity index (χ1n) is 4.95. The van der Waals surface area contributed by atoms with Crippen LogP contribution in [0.5, 0.6) is 0 Å². The molecular weight excluding hydrogens is 164 g/mol. The van der Waals surface area contributed by atoms with E-state index < -0.39 is 0 Å². The van der Waals surface area contributed by atoms with Crippen LogP contribution < -0.4 is 5.32 Å². The lowest BCUT2D eigenvalue weighted by Crippen LogP contribution is -2.15. The van der Waals surface area contributed by atoms with Crippen molar-refractivity contribution in [3.05, 3.63) is 12.2 Å². The smallest absolute Gasteiger partial charge is 0.138 e. The SMILES string of the molecule is CCNCCCc1ncnn1CC. The van der Waals surface area contributed by atoms with E-state index >= 15 is 0 Å². The average Bonchev–Trinajstić information content (AvgIpc) is 2.60. The van der Waals surface area contributed by atoms with Crippen molar-refractivity contribution >= 4 is 0 Å². The summed E-state index contributed by atoms with van der Waals surface area (Å²) in [5.74, 6) is 1.10. The van der Waals surface area contributed by atoms with Gasteiger partial charge in [0.1, 0.15) is 12.2 Å². The summed E-state index contributed by atoms with van der Waals surface area (Å²) in [5, 5.41) is 7.41. The minimum Gasteiger partial charge on any atom is -0.317 e. The van der Waals surface area contributed by atoms with Crippen molar-refractivity contribution in [3.8, 4) is 0 Å². The third kappa shape index (κ3) is 3.14. The average molecular weight is 182 g/mol. The fraction of sp³-hybridized carbons (Fsp3) is 0.778. The molecule has 1 heterocycles. The Bertz CT molecular complexity index is 231. The van der Waals surface area contributed by atoms with Crippen LogP contribution in [0.25, 0.3) is 0 Å². The van der Waals surface area contributed by atoms with Gasteiger partial charge in [-0.3, -0.25) is 4.68 Å². The first kappa shape index (κ1) is 10.2. The molecule has 0 bridgehead atoms. The first-order chi connectivity index (χ1) is 6.38. The molecule has 1 rings (SSSR count). The van der Waals surface area contributed by atoms with Gasteiger partial charge in [0, 0.05) is 13.0 Å². The lowest BCUT2D eigenvalue weighted by Gasteiger charge is -2.02. The molecule has 4 nitrogen and oxygen atoms in total. The van der Waals surface area contributed by atoms with Crippen LogP contribution in [0, 0.1) is 0 Å². The van der Waals surface area contributed by atoms with Crippen molar-refractivity contribution in [2.45, 2.75) is 33.2 Å². The number of nitrogens with one attached hydrogen (secondary N) is 1. The highest BCUT2D eigenvalue weighted by atomic mass is 15.3. The molecular formula is C9H18N4. The second-order valence-corrected chi connectivity index (χ2v) is 2.95. The number of rotatable bonds is 6. The van der Waals surface area contributed by atoms with Gasteiger partial charge in [-0.15, -0.1) is 0 Å². The molecule has 13 heavy (non-hydrogen) atoms. The van der Waals surface area contributed by atoms with E-state index in [2.05, 4.69) is 29.2 Å². The summed E-state index contributed by atoms with van der Waals surface area (Å²) in [5.41, 5.74) is 0. The van der Waals surface area contributed by atoms with E-state index in [4.69, 9.17) is 0 Å². The molecule has 0 spiro atoms. The molecule has 0 fully saturated rings. The van der Waals surface area contributed by atoms with Gasteiger partial charge in [-0.1, -0.05) is 6.92 Å². The Morgan fingerprint density at radius 1 is 1.46 bits per heavy atom. The van der Waals surface area contributed by atoms with Gasteiger partial charge in [-0.25, -0.2) is 4.98 Å². The highest BCUT2D eigenvalue weighted by Gasteiger charge is 2.00. The van der Waals surface area contributed by atoms with Crippen LogP contribution in [0.2, 0.25) is 0 Å². The van der Waals surface area contributed by atoms with Crippen molar-refractivity contribution in [1.82, 2.24) is 20.1 Å². The zero-order valence-corrected chi connectivity index (χ0v) is 8.45. The predicted molar refractivity (Wildman–Crippen MR) is 52.6 cm³/mol. The fourth-order valence-corrected chi connectivity index (χ4v) is 1.29. The number of aryl methyl sites for hydroxylation is 2. The number of nitrogens with zero attached hydrogens (tertiary/aromatic N) is 3. The van der Waals surface area contributed by atoms with Crippen LogP contribution in [0.1, 0.15) is 26.1 Å². The maximum atomic E-state index is 4.21. The van der Waals surface area contributed by atoms with Gasteiger partial charge >= 0.3 is 0 Å². The van der Waals surface area contributed by atoms with Gasteiger partial charge in [-0.2, -0.15) is 5.10 Å². The molecule has 1 aromatic heterocycles. The minimum atomic E-state index is 0.913. The minimum absolute atomic E-state index is 0.913. The molecule has 1 N–H and O–H groups in total. The Labute approximate surface area is 79.4 Å². The van der Waals surface area contributed by atoms with E-state index in [1.54, 1.807) is 6.33 Å². The van der Waals surface area contributed by atoms with Crippen molar-refractivity contribution in [3.63, 3.8) is 0 Å². The van der Waals surface area contributed by atoms with Crippen molar-refractivity contribution in [2.75, 3.05) is 13.1 Å². The number of hydrogen-bond acceptors (Lipinski definition) is 3. The molecule has 0 aliphatic carbocycles. The molecule has 0 aliphatic rings. The van der Waals surface area contributed by atoms with E-state index in [9.17, 15) is 0 Å². The molecule has 74 valence electrons. The molecule has 0 aliphatic heterocycles. The van der Waals surface area contributed by atoms with Gasteiger partial charge in [-0.05, 0) is 26.4 Å². The van der Waals surface area contributed by atoms with Crippen molar-refractivity contribution in [2.24, 2.45) is 0 Å². The van der Waals surface area contributed by atoms with Gasteiger partial charge in [0.2, 0.25) is 0 Å². The Morgan fingerprint density at radius 3 is 3.00 bits per heavy atom. The van der Waals surface area contributed by atoms with E-state index in [0.29, 0.717) is 0 Å². The zero-order chi connectivity index (χ0) is 9.52. The highest BCUT2D eigenvalue weighted by Crippen LogP contribution is 1.97. The van der Waals surface area contributed by atoms with Gasteiger partial charge in [0.15, 0.2) is 0 Å². The Balaban J connectivity index is 2.27. The topological polar surface area (TPSA) is 42.7 Å². The van der Waals surface area contributed by atoms with Crippen LogP contribution >= 0.6 is 0 Å². The summed E-state index contributed by atoms with van der Waals surface area (Å²) in [7, 11) is 0. The summed E-state index contributed by atoms with van der Waals surface area (Å²) in [6.07, 6.45) is 3.78. The lowest BCUT2D eigenvalue weighted by atomic mass is 10.3. The standard InChI is InChI=1S/C9H18N4/c1-3-10-7-5-6-9-11-8-12-13(9)4-2/h8,10H,3-7H2,1-2H3. The first-order valence-corrected chi connectivity index (χ1v) is 4.95. The predicted octanol–water partition coefficient (Wildman–Crippen LogP) is 0.840. The van der Waals surface area contributed by atoms with Crippen LogP contribution in [0.15, 0.2) is 6.33 Å². The Morgan fingerprint density at radius 2 is 2.31 bits per heavy atom. The van der Waals surface area contributed by atoms with Crippen LogP contribution in [-0.4, -0.2) is 27.9 Å². The zero-order valence-electron chi connectivity index (χ0n) is 8.45.